The van der Waals surface area contributed by atoms with Gasteiger partial charge >= 0.3 is 5.97 Å². The molecule has 0 saturated carbocycles. The molecule has 1 amide bonds. The molecule has 0 fully saturated rings. The van der Waals surface area contributed by atoms with Crippen LogP contribution in [0.4, 0.5) is 0 Å². The second-order valence-corrected chi connectivity index (χ2v) is 6.22. The monoisotopic (exact) mass is 380 g/mol. The fourth-order valence-corrected chi connectivity index (χ4v) is 3.02. The van der Waals surface area contributed by atoms with Gasteiger partial charge in [0, 0.05) is 17.0 Å². The molecule has 0 spiro atoms. The van der Waals surface area contributed by atoms with Gasteiger partial charge in [0.15, 0.2) is 0 Å². The summed E-state index contributed by atoms with van der Waals surface area (Å²) in [6.07, 6.45) is -0.291. The number of aromatic nitrogens is 1. The Labute approximate surface area is 161 Å². The first-order chi connectivity index (χ1) is 13.5. The lowest BCUT2D eigenvalue weighted by molar-refractivity contribution is -0.137. The SMILES string of the molecule is CCOc1ccc([C@H](CC(=O)O)NC(=O)c2cc(=O)[nH]c3ccccc23)cc1. The number of pyridine rings is 1. The molecule has 0 bridgehead atoms. The number of H-pyrrole nitrogens is 1. The molecule has 2 aromatic carbocycles. The van der Waals surface area contributed by atoms with Crippen LogP contribution in [-0.2, 0) is 4.79 Å². The van der Waals surface area contributed by atoms with Crippen LogP contribution in [0.25, 0.3) is 10.9 Å². The van der Waals surface area contributed by atoms with Crippen LogP contribution in [0.1, 0.15) is 35.3 Å². The van der Waals surface area contributed by atoms with Gasteiger partial charge in [-0.3, -0.25) is 14.4 Å². The second kappa shape index (κ2) is 8.39. The number of aliphatic carboxylic acids is 1. The van der Waals surface area contributed by atoms with Crippen LogP contribution in [0.5, 0.6) is 5.75 Å². The second-order valence-electron chi connectivity index (χ2n) is 6.22. The van der Waals surface area contributed by atoms with E-state index in [0.29, 0.717) is 28.8 Å². The number of rotatable bonds is 7. The molecule has 0 saturated heterocycles. The van der Waals surface area contributed by atoms with Gasteiger partial charge in [-0.1, -0.05) is 30.3 Å². The smallest absolute Gasteiger partial charge is 0.305 e. The number of ether oxygens (including phenoxy) is 1. The third-order valence-corrected chi connectivity index (χ3v) is 4.27. The lowest BCUT2D eigenvalue weighted by Crippen LogP contribution is -2.31. The first kappa shape index (κ1) is 19.2. The van der Waals surface area contributed by atoms with Gasteiger partial charge in [0.2, 0.25) is 5.56 Å². The van der Waals surface area contributed by atoms with Gasteiger partial charge in [0.1, 0.15) is 5.75 Å². The maximum absolute atomic E-state index is 12.9. The highest BCUT2D eigenvalue weighted by Crippen LogP contribution is 2.22. The van der Waals surface area contributed by atoms with E-state index in [1.165, 1.54) is 6.07 Å². The van der Waals surface area contributed by atoms with Crippen molar-refractivity contribution in [1.82, 2.24) is 10.3 Å². The summed E-state index contributed by atoms with van der Waals surface area (Å²) in [6, 6.07) is 14.3. The minimum Gasteiger partial charge on any atom is -0.494 e. The zero-order chi connectivity index (χ0) is 20.1. The minimum absolute atomic E-state index is 0.195. The number of carboxylic acid groups (broad SMARTS) is 1. The fourth-order valence-electron chi connectivity index (χ4n) is 3.02. The van der Waals surface area contributed by atoms with Gasteiger partial charge in [-0.15, -0.1) is 0 Å². The van der Waals surface area contributed by atoms with E-state index in [1.54, 1.807) is 48.5 Å². The standard InChI is InChI=1S/C21H20N2O5/c1-2-28-14-9-7-13(8-10-14)18(12-20(25)26)23-21(27)16-11-19(24)22-17-6-4-3-5-15(16)17/h3-11,18H,2,12H2,1H3,(H,22,24)(H,23,27)(H,25,26)/t18-/m0/s1. The number of amides is 1. The van der Waals surface area contributed by atoms with Crippen molar-refractivity contribution in [2.45, 2.75) is 19.4 Å². The van der Waals surface area contributed by atoms with Crippen molar-refractivity contribution in [3.63, 3.8) is 0 Å². The van der Waals surface area contributed by atoms with Crippen LogP contribution in [-0.4, -0.2) is 28.6 Å². The largest absolute Gasteiger partial charge is 0.494 e. The molecule has 3 aromatic rings. The number of fused-ring (bicyclic) bond motifs is 1. The van der Waals surface area contributed by atoms with Crippen LogP contribution in [0.3, 0.4) is 0 Å². The van der Waals surface area contributed by atoms with Gasteiger partial charge in [-0.25, -0.2) is 0 Å². The molecule has 0 radical (unpaired) electrons. The Morgan fingerprint density at radius 3 is 2.54 bits per heavy atom. The van der Waals surface area contributed by atoms with Crippen molar-refractivity contribution < 1.29 is 19.4 Å². The van der Waals surface area contributed by atoms with Crippen molar-refractivity contribution in [3.05, 3.63) is 76.1 Å². The molecule has 1 atom stereocenters. The van der Waals surface area contributed by atoms with E-state index in [0.717, 1.165) is 0 Å². The molecule has 0 aliphatic rings. The molecule has 7 nitrogen and oxygen atoms in total. The van der Waals surface area contributed by atoms with Gasteiger partial charge in [-0.2, -0.15) is 0 Å². The number of nitrogens with one attached hydrogen (secondary N) is 2. The summed E-state index contributed by atoms with van der Waals surface area (Å²) in [4.78, 5) is 38.7. The fraction of sp³-hybridized carbons (Fsp3) is 0.190. The molecule has 28 heavy (non-hydrogen) atoms. The molecule has 0 unspecified atom stereocenters. The Morgan fingerprint density at radius 1 is 1.14 bits per heavy atom. The maximum Gasteiger partial charge on any atom is 0.305 e. The number of carbonyl (C=O) groups excluding carboxylic acids is 1. The Hall–Kier alpha value is -3.61. The first-order valence-electron chi connectivity index (χ1n) is 8.85. The van der Waals surface area contributed by atoms with Crippen molar-refractivity contribution in [2.24, 2.45) is 0 Å². The summed E-state index contributed by atoms with van der Waals surface area (Å²) in [7, 11) is 0. The first-order valence-corrected chi connectivity index (χ1v) is 8.85. The Morgan fingerprint density at radius 2 is 1.86 bits per heavy atom. The lowest BCUT2D eigenvalue weighted by Gasteiger charge is -2.18. The third-order valence-electron chi connectivity index (χ3n) is 4.27. The number of aromatic amines is 1. The number of para-hydroxylation sites is 1. The molecular weight excluding hydrogens is 360 g/mol. The van der Waals surface area contributed by atoms with E-state index >= 15 is 0 Å². The predicted molar refractivity (Wildman–Crippen MR) is 105 cm³/mol. The van der Waals surface area contributed by atoms with Crippen molar-refractivity contribution >= 4 is 22.8 Å². The maximum atomic E-state index is 12.9. The lowest BCUT2D eigenvalue weighted by atomic mass is 10.0. The molecule has 0 aliphatic carbocycles. The highest BCUT2D eigenvalue weighted by atomic mass is 16.5. The van der Waals surface area contributed by atoms with Crippen molar-refractivity contribution in [1.29, 1.82) is 0 Å². The van der Waals surface area contributed by atoms with Crippen LogP contribution in [0.2, 0.25) is 0 Å². The van der Waals surface area contributed by atoms with Gasteiger partial charge in [0.25, 0.3) is 5.91 Å². The minimum atomic E-state index is -1.05. The molecule has 1 aromatic heterocycles. The van der Waals surface area contributed by atoms with Gasteiger partial charge in [-0.05, 0) is 30.7 Å². The highest BCUT2D eigenvalue weighted by molar-refractivity contribution is 6.06. The van der Waals surface area contributed by atoms with E-state index in [9.17, 15) is 19.5 Å². The van der Waals surface area contributed by atoms with Gasteiger partial charge < -0.3 is 20.1 Å². The number of benzene rings is 2. The quantitative estimate of drug-likeness (QED) is 0.584. The van der Waals surface area contributed by atoms with E-state index in [4.69, 9.17) is 4.74 Å². The normalized spacial score (nSPS) is 11.8. The summed E-state index contributed by atoms with van der Waals surface area (Å²) in [5.74, 6) is -0.898. The van der Waals surface area contributed by atoms with E-state index < -0.39 is 23.5 Å². The summed E-state index contributed by atoms with van der Waals surface area (Å²) in [6.45, 7) is 2.39. The summed E-state index contributed by atoms with van der Waals surface area (Å²) < 4.78 is 5.39. The van der Waals surface area contributed by atoms with E-state index in [-0.39, 0.29) is 12.0 Å². The summed E-state index contributed by atoms with van der Waals surface area (Å²) in [5.41, 5.74) is 0.963. The number of hydrogen-bond donors (Lipinski definition) is 3. The molecule has 1 heterocycles. The molecule has 0 aliphatic heterocycles. The Kier molecular flexibility index (Phi) is 5.74. The average molecular weight is 380 g/mol. The Balaban J connectivity index is 1.92. The zero-order valence-electron chi connectivity index (χ0n) is 15.3. The van der Waals surface area contributed by atoms with E-state index in [1.807, 2.05) is 6.92 Å². The van der Waals surface area contributed by atoms with Crippen molar-refractivity contribution in [2.75, 3.05) is 6.61 Å². The van der Waals surface area contributed by atoms with Crippen LogP contribution in [0, 0.1) is 0 Å². The summed E-state index contributed by atoms with van der Waals surface area (Å²) >= 11 is 0. The number of carboxylic acids is 1. The topological polar surface area (TPSA) is 108 Å². The van der Waals surface area contributed by atoms with Crippen LogP contribution < -0.4 is 15.6 Å². The number of carbonyl (C=O) groups is 2. The van der Waals surface area contributed by atoms with Crippen molar-refractivity contribution in [3.8, 4) is 5.75 Å². The van der Waals surface area contributed by atoms with E-state index in [2.05, 4.69) is 10.3 Å². The van der Waals surface area contributed by atoms with Gasteiger partial charge in [0.05, 0.1) is 24.6 Å². The third kappa shape index (κ3) is 4.37. The number of hydrogen-bond acceptors (Lipinski definition) is 4. The van der Waals surface area contributed by atoms with Crippen LogP contribution in [0.15, 0.2) is 59.4 Å². The predicted octanol–water partition coefficient (Wildman–Crippen LogP) is 2.87. The molecule has 3 N–H and O–H groups in total. The van der Waals surface area contributed by atoms with Crippen LogP contribution >= 0.6 is 0 Å². The molecule has 144 valence electrons. The Bertz CT molecular complexity index is 1060. The zero-order valence-corrected chi connectivity index (χ0v) is 15.3. The highest BCUT2D eigenvalue weighted by Gasteiger charge is 2.20. The molecule has 7 heteroatoms. The average Bonchev–Trinajstić information content (AvgIpc) is 2.67. The molecular formula is C21H20N2O5. The summed E-state index contributed by atoms with van der Waals surface area (Å²) in [5, 5.41) is 12.6. The molecule has 3 rings (SSSR count).